The van der Waals surface area contributed by atoms with Crippen molar-refractivity contribution in [2.75, 3.05) is 13.1 Å². The van der Waals surface area contributed by atoms with Gasteiger partial charge in [-0.15, -0.1) is 0 Å². The fourth-order valence-electron chi connectivity index (χ4n) is 4.52. The first-order valence-corrected chi connectivity index (χ1v) is 11.0. The monoisotopic (exact) mass is 428 g/mol. The molecule has 0 aliphatic carbocycles. The number of carbonyl (C=O) groups is 1. The number of hydrogen-bond donors (Lipinski definition) is 1. The summed E-state index contributed by atoms with van der Waals surface area (Å²) >= 11 is 0. The highest BCUT2D eigenvalue weighted by molar-refractivity contribution is 5.97. The van der Waals surface area contributed by atoms with Crippen LogP contribution in [0.4, 0.5) is 4.39 Å². The number of aromatic amines is 1. The molecule has 1 aliphatic heterocycles. The molecule has 0 unspecified atom stereocenters. The van der Waals surface area contributed by atoms with Crippen LogP contribution in [-0.2, 0) is 6.42 Å². The van der Waals surface area contributed by atoms with Gasteiger partial charge in [0.2, 0.25) is 0 Å². The number of likely N-dealkylation sites (tertiary alicyclic amines) is 1. The molecule has 1 saturated heterocycles. The SMILES string of the molecule is Cc1nc2ccc(C(=O)N3CCC[C@@H](c4cccc(Cc5ccccc5F)n4)C3)cc2[nH]1. The van der Waals surface area contributed by atoms with Gasteiger partial charge in [0.1, 0.15) is 11.6 Å². The summed E-state index contributed by atoms with van der Waals surface area (Å²) in [6, 6.07) is 18.4. The minimum atomic E-state index is -0.210. The zero-order chi connectivity index (χ0) is 22.1. The largest absolute Gasteiger partial charge is 0.342 e. The van der Waals surface area contributed by atoms with Crippen molar-refractivity contribution < 1.29 is 9.18 Å². The standard InChI is InChI=1S/C26H25FN4O/c1-17-28-24-12-11-19(15-25(24)29-17)26(32)31-13-5-7-20(16-31)23-10-4-8-21(30-23)14-18-6-2-3-9-22(18)27/h2-4,6,8-12,15,20H,5,7,13-14,16H2,1H3,(H,28,29)/t20-/m1/s1. The van der Waals surface area contributed by atoms with Crippen molar-refractivity contribution in [1.29, 1.82) is 0 Å². The number of aromatic nitrogens is 3. The number of imidazole rings is 1. The van der Waals surface area contributed by atoms with Crippen LogP contribution in [0, 0.1) is 12.7 Å². The quantitative estimate of drug-likeness (QED) is 0.497. The van der Waals surface area contributed by atoms with Crippen LogP contribution in [0.3, 0.4) is 0 Å². The van der Waals surface area contributed by atoms with Gasteiger partial charge in [-0.1, -0.05) is 24.3 Å². The molecular weight excluding hydrogens is 403 g/mol. The van der Waals surface area contributed by atoms with E-state index < -0.39 is 0 Å². The summed E-state index contributed by atoms with van der Waals surface area (Å²) in [5.41, 5.74) is 4.87. The average molecular weight is 429 g/mol. The molecule has 5 nitrogen and oxygen atoms in total. The van der Waals surface area contributed by atoms with Crippen LogP contribution in [0.25, 0.3) is 11.0 Å². The normalized spacial score (nSPS) is 16.4. The first-order chi connectivity index (χ1) is 15.6. The number of fused-ring (bicyclic) bond motifs is 1. The molecule has 1 amide bonds. The van der Waals surface area contributed by atoms with Crippen LogP contribution < -0.4 is 0 Å². The van der Waals surface area contributed by atoms with Crippen molar-refractivity contribution in [2.24, 2.45) is 0 Å². The number of carbonyl (C=O) groups excluding carboxylic acids is 1. The first-order valence-electron chi connectivity index (χ1n) is 11.0. The van der Waals surface area contributed by atoms with Crippen molar-refractivity contribution in [3.8, 4) is 0 Å². The lowest BCUT2D eigenvalue weighted by atomic mass is 9.93. The molecule has 5 rings (SSSR count). The number of nitrogens with one attached hydrogen (secondary N) is 1. The van der Waals surface area contributed by atoms with E-state index in [-0.39, 0.29) is 17.6 Å². The molecule has 1 N–H and O–H groups in total. The molecule has 162 valence electrons. The number of rotatable bonds is 4. The Morgan fingerprint density at radius 2 is 2.00 bits per heavy atom. The minimum Gasteiger partial charge on any atom is -0.342 e. The van der Waals surface area contributed by atoms with Gasteiger partial charge in [-0.3, -0.25) is 9.78 Å². The Labute approximate surface area is 186 Å². The van der Waals surface area contributed by atoms with E-state index in [2.05, 4.69) is 9.97 Å². The summed E-state index contributed by atoms with van der Waals surface area (Å²) in [4.78, 5) is 27.6. The molecule has 0 spiro atoms. The number of amides is 1. The van der Waals surface area contributed by atoms with Crippen LogP contribution in [-0.4, -0.2) is 38.8 Å². The summed E-state index contributed by atoms with van der Waals surface area (Å²) in [6.07, 6.45) is 2.37. The maximum absolute atomic E-state index is 14.1. The summed E-state index contributed by atoms with van der Waals surface area (Å²) in [5, 5.41) is 0. The third kappa shape index (κ3) is 4.13. The van der Waals surface area contributed by atoms with E-state index >= 15 is 0 Å². The van der Waals surface area contributed by atoms with Gasteiger partial charge in [-0.2, -0.15) is 0 Å². The molecule has 0 saturated carbocycles. The molecule has 2 aromatic heterocycles. The number of benzene rings is 2. The van der Waals surface area contributed by atoms with E-state index in [0.717, 1.165) is 47.6 Å². The van der Waals surface area contributed by atoms with Gasteiger partial charge in [-0.05, 0) is 61.7 Å². The maximum atomic E-state index is 14.1. The molecule has 0 bridgehead atoms. The number of aryl methyl sites for hydroxylation is 1. The first kappa shape index (κ1) is 20.4. The molecule has 2 aromatic carbocycles. The number of piperidine rings is 1. The lowest BCUT2D eigenvalue weighted by molar-refractivity contribution is 0.0706. The fraction of sp³-hybridized carbons (Fsp3) is 0.269. The van der Waals surface area contributed by atoms with Gasteiger partial charge in [0.05, 0.1) is 11.0 Å². The molecule has 6 heteroatoms. The molecule has 0 radical (unpaired) electrons. The Morgan fingerprint density at radius 1 is 1.12 bits per heavy atom. The van der Waals surface area contributed by atoms with E-state index in [9.17, 15) is 9.18 Å². The van der Waals surface area contributed by atoms with E-state index in [1.54, 1.807) is 12.1 Å². The highest BCUT2D eigenvalue weighted by atomic mass is 19.1. The number of halogens is 1. The third-order valence-corrected chi connectivity index (χ3v) is 6.13. The van der Waals surface area contributed by atoms with Crippen LogP contribution in [0.15, 0.2) is 60.7 Å². The van der Waals surface area contributed by atoms with Gasteiger partial charge in [0.15, 0.2) is 0 Å². The topological polar surface area (TPSA) is 61.9 Å². The summed E-state index contributed by atoms with van der Waals surface area (Å²) < 4.78 is 14.1. The molecule has 1 aliphatic rings. The van der Waals surface area contributed by atoms with Gasteiger partial charge in [0.25, 0.3) is 5.91 Å². The van der Waals surface area contributed by atoms with Crippen molar-refractivity contribution in [3.05, 3.63) is 94.8 Å². The number of H-pyrrole nitrogens is 1. The summed E-state index contributed by atoms with van der Waals surface area (Å²) in [7, 11) is 0. The fourth-order valence-corrected chi connectivity index (χ4v) is 4.52. The molecule has 4 aromatic rings. The van der Waals surface area contributed by atoms with Crippen LogP contribution >= 0.6 is 0 Å². The second kappa shape index (κ2) is 8.54. The molecule has 1 atom stereocenters. The van der Waals surface area contributed by atoms with Crippen molar-refractivity contribution in [3.63, 3.8) is 0 Å². The van der Waals surface area contributed by atoms with Crippen LogP contribution in [0.2, 0.25) is 0 Å². The van der Waals surface area contributed by atoms with Crippen molar-refractivity contribution in [2.45, 2.75) is 32.1 Å². The van der Waals surface area contributed by atoms with Gasteiger partial charge in [0, 0.05) is 42.4 Å². The Kier molecular flexibility index (Phi) is 5.43. The van der Waals surface area contributed by atoms with Crippen LogP contribution in [0.5, 0.6) is 0 Å². The number of nitrogens with zero attached hydrogens (tertiary/aromatic N) is 3. The average Bonchev–Trinajstić information content (AvgIpc) is 3.19. The Bertz CT molecular complexity index is 1280. The molecule has 3 heterocycles. The Balaban J connectivity index is 1.33. The van der Waals surface area contributed by atoms with Gasteiger partial charge >= 0.3 is 0 Å². The smallest absolute Gasteiger partial charge is 0.253 e. The highest BCUT2D eigenvalue weighted by Gasteiger charge is 2.26. The van der Waals surface area contributed by atoms with E-state index in [0.29, 0.717) is 24.1 Å². The van der Waals surface area contributed by atoms with Gasteiger partial charge in [-0.25, -0.2) is 9.37 Å². The second-order valence-corrected chi connectivity index (χ2v) is 8.47. The van der Waals surface area contributed by atoms with Crippen molar-refractivity contribution >= 4 is 16.9 Å². The van der Waals surface area contributed by atoms with E-state index in [4.69, 9.17) is 4.98 Å². The number of pyridine rings is 1. The third-order valence-electron chi connectivity index (χ3n) is 6.13. The maximum Gasteiger partial charge on any atom is 0.253 e. The zero-order valence-electron chi connectivity index (χ0n) is 18.0. The predicted molar refractivity (Wildman–Crippen MR) is 122 cm³/mol. The predicted octanol–water partition coefficient (Wildman–Crippen LogP) is 5.02. The lowest BCUT2D eigenvalue weighted by Gasteiger charge is -2.32. The second-order valence-electron chi connectivity index (χ2n) is 8.47. The Morgan fingerprint density at radius 3 is 2.88 bits per heavy atom. The van der Waals surface area contributed by atoms with E-state index in [1.807, 2.05) is 54.3 Å². The summed E-state index contributed by atoms with van der Waals surface area (Å²) in [6.45, 7) is 3.28. The number of hydrogen-bond acceptors (Lipinski definition) is 3. The summed E-state index contributed by atoms with van der Waals surface area (Å²) in [5.74, 6) is 0.834. The molecular formula is C26H25FN4O. The molecule has 1 fully saturated rings. The molecule has 32 heavy (non-hydrogen) atoms. The Hall–Kier alpha value is -3.54. The zero-order valence-corrected chi connectivity index (χ0v) is 18.0. The lowest BCUT2D eigenvalue weighted by Crippen LogP contribution is -2.39. The van der Waals surface area contributed by atoms with Gasteiger partial charge < -0.3 is 9.88 Å². The van der Waals surface area contributed by atoms with Crippen LogP contribution in [0.1, 0.15) is 51.9 Å². The van der Waals surface area contributed by atoms with Crippen molar-refractivity contribution in [1.82, 2.24) is 19.9 Å². The van der Waals surface area contributed by atoms with E-state index in [1.165, 1.54) is 6.07 Å². The minimum absolute atomic E-state index is 0.0337. The highest BCUT2D eigenvalue weighted by Crippen LogP contribution is 2.27.